The summed E-state index contributed by atoms with van der Waals surface area (Å²) in [5, 5.41) is 21.2. The summed E-state index contributed by atoms with van der Waals surface area (Å²) in [5.74, 6) is -1.01. The molecule has 1 aliphatic rings. The Balaban J connectivity index is 2.27. The molecule has 7 nitrogen and oxygen atoms in total. The maximum atomic E-state index is 12.5. The van der Waals surface area contributed by atoms with Crippen molar-refractivity contribution in [2.45, 2.75) is 45.1 Å². The number of rotatable bonds is 8. The molecule has 7 heteroatoms. The molecule has 1 aromatic carbocycles. The van der Waals surface area contributed by atoms with Crippen molar-refractivity contribution < 1.29 is 24.2 Å². The summed E-state index contributed by atoms with van der Waals surface area (Å²) in [6.45, 7) is 1.60. The Labute approximate surface area is 158 Å². The van der Waals surface area contributed by atoms with Gasteiger partial charge in [-0.15, -0.1) is 0 Å². The number of carbonyl (C=O) groups excluding carboxylic acids is 1. The number of hydrogen-bond donors (Lipinski definition) is 2. The predicted octanol–water partition coefficient (Wildman–Crippen LogP) is 2.90. The summed E-state index contributed by atoms with van der Waals surface area (Å²) in [4.78, 5) is 23.3. The standard InChI is InChI=1S/C20H24N2O5/c1-2-26-17-10-6-7-14(19(17)27-13-18(23)24)11-15(12-21)20(25)22-16-8-4-3-5-9-16/h6-7,10-11,16H,2-5,8-9,13H2,1H3,(H,22,25)(H,23,24)/b15-11-. The molecule has 2 N–H and O–H groups in total. The van der Waals surface area contributed by atoms with Gasteiger partial charge in [-0.3, -0.25) is 4.79 Å². The Kier molecular flexibility index (Phi) is 7.68. The molecule has 0 saturated heterocycles. The number of carboxylic acid groups (broad SMARTS) is 1. The van der Waals surface area contributed by atoms with Gasteiger partial charge < -0.3 is 19.9 Å². The molecule has 27 heavy (non-hydrogen) atoms. The summed E-state index contributed by atoms with van der Waals surface area (Å²) >= 11 is 0. The number of ether oxygens (including phenoxy) is 2. The molecule has 0 heterocycles. The zero-order chi connectivity index (χ0) is 19.6. The first kappa shape index (κ1) is 20.3. The van der Waals surface area contributed by atoms with E-state index in [1.807, 2.05) is 6.07 Å². The van der Waals surface area contributed by atoms with Gasteiger partial charge in [0.15, 0.2) is 18.1 Å². The van der Waals surface area contributed by atoms with Crippen LogP contribution in [0, 0.1) is 11.3 Å². The van der Waals surface area contributed by atoms with Crippen molar-refractivity contribution in [3.05, 3.63) is 29.3 Å². The van der Waals surface area contributed by atoms with E-state index >= 15 is 0 Å². The lowest BCUT2D eigenvalue weighted by Crippen LogP contribution is -2.36. The summed E-state index contributed by atoms with van der Waals surface area (Å²) < 4.78 is 10.8. The third-order valence-electron chi connectivity index (χ3n) is 4.25. The molecule has 0 aromatic heterocycles. The highest BCUT2D eigenvalue weighted by Crippen LogP contribution is 2.33. The average molecular weight is 372 g/mol. The first-order valence-electron chi connectivity index (χ1n) is 9.08. The Morgan fingerprint density at radius 1 is 1.30 bits per heavy atom. The van der Waals surface area contributed by atoms with E-state index in [9.17, 15) is 14.9 Å². The van der Waals surface area contributed by atoms with Crippen LogP contribution in [0.4, 0.5) is 0 Å². The molecule has 0 aliphatic heterocycles. The number of carboxylic acids is 1. The number of benzene rings is 1. The molecular weight excluding hydrogens is 348 g/mol. The number of para-hydroxylation sites is 1. The van der Waals surface area contributed by atoms with Crippen LogP contribution in [0.2, 0.25) is 0 Å². The van der Waals surface area contributed by atoms with Crippen LogP contribution in [-0.2, 0) is 9.59 Å². The number of carbonyl (C=O) groups is 2. The predicted molar refractivity (Wildman–Crippen MR) is 99.3 cm³/mol. The van der Waals surface area contributed by atoms with Crippen LogP contribution in [0.3, 0.4) is 0 Å². The molecule has 0 atom stereocenters. The van der Waals surface area contributed by atoms with Crippen molar-refractivity contribution >= 4 is 18.0 Å². The number of nitrogens with one attached hydrogen (secondary N) is 1. The number of hydrogen-bond acceptors (Lipinski definition) is 5. The molecule has 2 rings (SSSR count). The first-order chi connectivity index (χ1) is 13.0. The van der Waals surface area contributed by atoms with Crippen molar-refractivity contribution in [1.82, 2.24) is 5.32 Å². The van der Waals surface area contributed by atoms with E-state index in [1.165, 1.54) is 12.5 Å². The summed E-state index contributed by atoms with van der Waals surface area (Å²) in [5.41, 5.74) is 0.354. The molecule has 1 aliphatic carbocycles. The maximum Gasteiger partial charge on any atom is 0.341 e. The van der Waals surface area contributed by atoms with E-state index in [1.54, 1.807) is 25.1 Å². The minimum Gasteiger partial charge on any atom is -0.490 e. The van der Waals surface area contributed by atoms with Crippen LogP contribution in [0.15, 0.2) is 23.8 Å². The Hall–Kier alpha value is -3.01. The fourth-order valence-electron chi connectivity index (χ4n) is 3.02. The second-order valence-electron chi connectivity index (χ2n) is 6.27. The Bertz CT molecular complexity index is 745. The molecule has 0 spiro atoms. The van der Waals surface area contributed by atoms with Crippen molar-refractivity contribution in [1.29, 1.82) is 5.26 Å². The second kappa shape index (κ2) is 10.2. The van der Waals surface area contributed by atoms with Crippen molar-refractivity contribution in [2.24, 2.45) is 0 Å². The maximum absolute atomic E-state index is 12.5. The van der Waals surface area contributed by atoms with Gasteiger partial charge in [-0.25, -0.2) is 4.79 Å². The fraction of sp³-hybridized carbons (Fsp3) is 0.450. The second-order valence-corrected chi connectivity index (χ2v) is 6.27. The van der Waals surface area contributed by atoms with Gasteiger partial charge in [-0.2, -0.15) is 5.26 Å². The van der Waals surface area contributed by atoms with Gasteiger partial charge in [0, 0.05) is 11.6 Å². The minimum atomic E-state index is -1.13. The Morgan fingerprint density at radius 2 is 2.04 bits per heavy atom. The molecule has 144 valence electrons. The lowest BCUT2D eigenvalue weighted by atomic mass is 9.95. The Morgan fingerprint density at radius 3 is 2.67 bits per heavy atom. The van der Waals surface area contributed by atoms with Crippen LogP contribution in [0.25, 0.3) is 6.08 Å². The van der Waals surface area contributed by atoms with Gasteiger partial charge in [0.25, 0.3) is 5.91 Å². The zero-order valence-electron chi connectivity index (χ0n) is 15.4. The van der Waals surface area contributed by atoms with E-state index in [4.69, 9.17) is 14.6 Å². The summed E-state index contributed by atoms with van der Waals surface area (Å²) in [6.07, 6.45) is 6.54. The largest absolute Gasteiger partial charge is 0.490 e. The minimum absolute atomic E-state index is 0.0607. The van der Waals surface area contributed by atoms with Crippen LogP contribution in [0.1, 0.15) is 44.6 Å². The van der Waals surface area contributed by atoms with E-state index < -0.39 is 18.5 Å². The van der Waals surface area contributed by atoms with E-state index in [2.05, 4.69) is 5.32 Å². The lowest BCUT2D eigenvalue weighted by molar-refractivity contribution is -0.139. The highest BCUT2D eigenvalue weighted by molar-refractivity contribution is 6.02. The van der Waals surface area contributed by atoms with Crippen LogP contribution in [-0.4, -0.2) is 36.2 Å². The molecule has 1 saturated carbocycles. The summed E-state index contributed by atoms with van der Waals surface area (Å²) in [6, 6.07) is 6.99. The van der Waals surface area contributed by atoms with Gasteiger partial charge in [0.2, 0.25) is 0 Å². The number of amides is 1. The van der Waals surface area contributed by atoms with Gasteiger partial charge in [-0.1, -0.05) is 31.4 Å². The SMILES string of the molecule is CCOc1cccc(/C=C(/C#N)C(=O)NC2CCCCC2)c1OCC(=O)O. The van der Waals surface area contributed by atoms with Gasteiger partial charge >= 0.3 is 5.97 Å². The first-order valence-corrected chi connectivity index (χ1v) is 9.08. The highest BCUT2D eigenvalue weighted by atomic mass is 16.5. The van der Waals surface area contributed by atoms with Crippen LogP contribution < -0.4 is 14.8 Å². The molecule has 0 radical (unpaired) electrons. The van der Waals surface area contributed by atoms with Crippen LogP contribution in [0.5, 0.6) is 11.5 Å². The molecule has 1 amide bonds. The average Bonchev–Trinajstić information content (AvgIpc) is 2.66. The molecule has 0 bridgehead atoms. The topological polar surface area (TPSA) is 109 Å². The normalized spacial score (nSPS) is 14.9. The third-order valence-corrected chi connectivity index (χ3v) is 4.25. The van der Waals surface area contributed by atoms with Crippen molar-refractivity contribution in [3.8, 4) is 17.6 Å². The quantitative estimate of drug-likeness (QED) is 0.536. The molecule has 1 fully saturated rings. The third kappa shape index (κ3) is 6.03. The fourth-order valence-corrected chi connectivity index (χ4v) is 3.02. The van der Waals surface area contributed by atoms with Crippen LogP contribution >= 0.6 is 0 Å². The van der Waals surface area contributed by atoms with Crippen molar-refractivity contribution in [2.75, 3.05) is 13.2 Å². The smallest absolute Gasteiger partial charge is 0.341 e. The van der Waals surface area contributed by atoms with Gasteiger partial charge in [0.05, 0.1) is 6.61 Å². The van der Waals surface area contributed by atoms with E-state index in [-0.39, 0.29) is 17.4 Å². The van der Waals surface area contributed by atoms with Crippen molar-refractivity contribution in [3.63, 3.8) is 0 Å². The zero-order valence-corrected chi connectivity index (χ0v) is 15.4. The van der Waals surface area contributed by atoms with E-state index in [0.717, 1.165) is 25.7 Å². The highest BCUT2D eigenvalue weighted by Gasteiger charge is 2.19. The van der Waals surface area contributed by atoms with E-state index in [0.29, 0.717) is 17.9 Å². The monoisotopic (exact) mass is 372 g/mol. The lowest BCUT2D eigenvalue weighted by Gasteiger charge is -2.22. The molecule has 1 aromatic rings. The number of aliphatic carboxylic acids is 1. The molecule has 0 unspecified atom stereocenters. The number of nitriles is 1. The number of nitrogens with zero attached hydrogens (tertiary/aromatic N) is 1. The summed E-state index contributed by atoms with van der Waals surface area (Å²) in [7, 11) is 0. The van der Waals surface area contributed by atoms with Gasteiger partial charge in [0.1, 0.15) is 11.6 Å². The molecular formula is C20H24N2O5. The van der Waals surface area contributed by atoms with Gasteiger partial charge in [-0.05, 0) is 31.9 Å².